The smallest absolute Gasteiger partial charge is 0.260 e. The van der Waals surface area contributed by atoms with E-state index in [1.165, 1.54) is 4.90 Å². The quantitative estimate of drug-likeness (QED) is 0.486. The summed E-state index contributed by atoms with van der Waals surface area (Å²) in [6.07, 6.45) is 5.04. The third-order valence-electron chi connectivity index (χ3n) is 4.94. The highest BCUT2D eigenvalue weighted by Crippen LogP contribution is 2.41. The van der Waals surface area contributed by atoms with E-state index in [4.69, 9.17) is 22.1 Å². The first-order chi connectivity index (χ1) is 14.3. The Bertz CT molecular complexity index is 1200. The highest BCUT2D eigenvalue weighted by Gasteiger charge is 2.37. The van der Waals surface area contributed by atoms with Gasteiger partial charge in [0.2, 0.25) is 5.95 Å². The van der Waals surface area contributed by atoms with Crippen molar-refractivity contribution in [2.24, 2.45) is 0 Å². The predicted octanol–water partition coefficient (Wildman–Crippen LogP) is 2.85. The second-order valence-corrected chi connectivity index (χ2v) is 7.35. The molecule has 30 heavy (non-hydrogen) atoms. The minimum absolute atomic E-state index is 0.0126. The molecule has 0 saturated carbocycles. The molecular weight excluding hydrogens is 406 g/mol. The third-order valence-corrected chi connectivity index (χ3v) is 5.22. The molecule has 0 bridgehead atoms. The standard InChI is InChI=1S/C20H20ClN7O2/c1-9-6-24-14(10(2)16(9)30-4)8-28-18-15(17(21)26-20(22)27-18)13(19(28)29)5-12-7-23-11(3)25-12/h5-7H,8H2,1-4H3,(H,23,25)(H2,22,26,27)/b13-5-. The highest BCUT2D eigenvalue weighted by molar-refractivity contribution is 6.41. The number of nitrogen functional groups attached to an aromatic ring is 1. The SMILES string of the molecule is COc1c(C)cnc(CN2C(=O)/C(=C\c3cnc(C)[nH]3)c3c(Cl)nc(N)nc32)c1C. The van der Waals surface area contributed by atoms with E-state index in [0.29, 0.717) is 28.3 Å². The number of methoxy groups -OCH3 is 1. The largest absolute Gasteiger partial charge is 0.496 e. The van der Waals surface area contributed by atoms with E-state index in [9.17, 15) is 4.79 Å². The Morgan fingerprint density at radius 1 is 1.23 bits per heavy atom. The maximum absolute atomic E-state index is 13.4. The van der Waals surface area contributed by atoms with E-state index < -0.39 is 0 Å². The third kappa shape index (κ3) is 3.26. The molecule has 4 rings (SSSR count). The van der Waals surface area contributed by atoms with Crippen LogP contribution >= 0.6 is 11.6 Å². The van der Waals surface area contributed by atoms with Crippen LogP contribution in [0, 0.1) is 20.8 Å². The van der Waals surface area contributed by atoms with Crippen molar-refractivity contribution < 1.29 is 9.53 Å². The number of H-pyrrole nitrogens is 1. The molecule has 0 radical (unpaired) electrons. The van der Waals surface area contributed by atoms with Crippen molar-refractivity contribution in [2.45, 2.75) is 27.3 Å². The zero-order valence-electron chi connectivity index (χ0n) is 16.9. The fraction of sp³-hybridized carbons (Fsp3) is 0.250. The summed E-state index contributed by atoms with van der Waals surface area (Å²) in [6, 6.07) is 0. The number of halogens is 1. The zero-order valence-corrected chi connectivity index (χ0v) is 17.7. The fourth-order valence-corrected chi connectivity index (χ4v) is 3.82. The van der Waals surface area contributed by atoms with Crippen molar-refractivity contribution in [3.05, 3.63) is 51.4 Å². The van der Waals surface area contributed by atoms with Crippen LogP contribution in [0.5, 0.6) is 5.75 Å². The second-order valence-electron chi connectivity index (χ2n) is 6.99. The first-order valence-corrected chi connectivity index (χ1v) is 9.55. The van der Waals surface area contributed by atoms with Crippen LogP contribution in [0.1, 0.15) is 33.9 Å². The van der Waals surface area contributed by atoms with Crippen molar-refractivity contribution >= 4 is 40.9 Å². The molecule has 0 fully saturated rings. The van der Waals surface area contributed by atoms with E-state index in [2.05, 4.69) is 24.9 Å². The van der Waals surface area contributed by atoms with Gasteiger partial charge in [-0.1, -0.05) is 11.6 Å². The first-order valence-electron chi connectivity index (χ1n) is 9.17. The van der Waals surface area contributed by atoms with E-state index in [1.54, 1.807) is 25.6 Å². The Morgan fingerprint density at radius 3 is 2.67 bits per heavy atom. The van der Waals surface area contributed by atoms with Gasteiger partial charge in [-0.3, -0.25) is 14.7 Å². The van der Waals surface area contributed by atoms with Crippen LogP contribution in [0.2, 0.25) is 5.15 Å². The van der Waals surface area contributed by atoms with Crippen LogP contribution in [0.15, 0.2) is 12.4 Å². The zero-order chi connectivity index (χ0) is 21.6. The monoisotopic (exact) mass is 425 g/mol. The van der Waals surface area contributed by atoms with Crippen LogP contribution in [0.25, 0.3) is 11.6 Å². The van der Waals surface area contributed by atoms with Crippen LogP contribution in [-0.4, -0.2) is 37.9 Å². The Morgan fingerprint density at radius 2 is 2.00 bits per heavy atom. The molecule has 1 amide bonds. The van der Waals surface area contributed by atoms with Crippen molar-refractivity contribution in [3.8, 4) is 5.75 Å². The number of aromatic amines is 1. The Labute approximate surface area is 178 Å². The number of imidazole rings is 1. The first kappa shape index (κ1) is 19.8. The summed E-state index contributed by atoms with van der Waals surface area (Å²) in [6.45, 7) is 5.83. The summed E-state index contributed by atoms with van der Waals surface area (Å²) >= 11 is 6.36. The molecule has 9 nitrogen and oxygen atoms in total. The molecule has 0 atom stereocenters. The lowest BCUT2D eigenvalue weighted by Crippen LogP contribution is -2.27. The molecule has 3 aromatic heterocycles. The van der Waals surface area contributed by atoms with Gasteiger partial charge in [0.05, 0.1) is 42.4 Å². The number of pyridine rings is 1. The number of aromatic nitrogens is 5. The molecule has 0 aromatic carbocycles. The van der Waals surface area contributed by atoms with Gasteiger partial charge in [-0.15, -0.1) is 0 Å². The number of nitrogens with two attached hydrogens (primary N) is 1. The number of fused-ring (bicyclic) bond motifs is 1. The fourth-order valence-electron chi connectivity index (χ4n) is 3.54. The topological polar surface area (TPSA) is 123 Å². The van der Waals surface area contributed by atoms with Gasteiger partial charge in [0.15, 0.2) is 5.82 Å². The molecule has 0 aliphatic carbocycles. The molecule has 0 saturated heterocycles. The van der Waals surface area contributed by atoms with Crippen molar-refractivity contribution in [2.75, 3.05) is 17.7 Å². The molecule has 3 N–H and O–H groups in total. The van der Waals surface area contributed by atoms with Crippen molar-refractivity contribution in [1.29, 1.82) is 0 Å². The van der Waals surface area contributed by atoms with Crippen LogP contribution in [0.3, 0.4) is 0 Å². The van der Waals surface area contributed by atoms with Gasteiger partial charge < -0.3 is 15.5 Å². The number of amides is 1. The summed E-state index contributed by atoms with van der Waals surface area (Å²) in [5.74, 6) is 1.52. The van der Waals surface area contributed by atoms with Crippen molar-refractivity contribution in [3.63, 3.8) is 0 Å². The Balaban J connectivity index is 1.83. The molecule has 3 aromatic rings. The maximum atomic E-state index is 13.4. The van der Waals surface area contributed by atoms with E-state index in [0.717, 1.165) is 22.7 Å². The normalized spacial score (nSPS) is 14.5. The van der Waals surface area contributed by atoms with Crippen molar-refractivity contribution in [1.82, 2.24) is 24.9 Å². The van der Waals surface area contributed by atoms with Gasteiger partial charge in [0.25, 0.3) is 5.91 Å². The summed E-state index contributed by atoms with van der Waals surface area (Å²) in [5, 5.41) is 0.113. The predicted molar refractivity (Wildman–Crippen MR) is 114 cm³/mol. The number of nitrogens with one attached hydrogen (secondary N) is 1. The number of carbonyl (C=O) groups is 1. The number of ether oxygens (including phenoxy) is 1. The number of carbonyl (C=O) groups excluding carboxylic acids is 1. The minimum atomic E-state index is -0.278. The average Bonchev–Trinajstić information content (AvgIpc) is 3.20. The summed E-state index contributed by atoms with van der Waals surface area (Å²) < 4.78 is 5.49. The summed E-state index contributed by atoms with van der Waals surface area (Å²) in [5.41, 5.74) is 9.72. The van der Waals surface area contributed by atoms with Gasteiger partial charge in [-0.2, -0.15) is 4.98 Å². The number of aryl methyl sites for hydroxylation is 2. The molecule has 1 aliphatic heterocycles. The molecule has 154 valence electrons. The maximum Gasteiger partial charge on any atom is 0.260 e. The van der Waals surface area contributed by atoms with Gasteiger partial charge >= 0.3 is 0 Å². The van der Waals surface area contributed by atoms with E-state index in [1.807, 2.05) is 20.8 Å². The highest BCUT2D eigenvalue weighted by atomic mass is 35.5. The number of anilines is 2. The Kier molecular flexibility index (Phi) is 4.90. The second kappa shape index (κ2) is 7.42. The van der Waals surface area contributed by atoms with Gasteiger partial charge in [0.1, 0.15) is 16.7 Å². The molecule has 1 aliphatic rings. The average molecular weight is 426 g/mol. The molecule has 4 heterocycles. The molecular formula is C20H20ClN7O2. The number of hydrogen-bond acceptors (Lipinski definition) is 7. The van der Waals surface area contributed by atoms with Gasteiger partial charge in [-0.05, 0) is 26.8 Å². The minimum Gasteiger partial charge on any atom is -0.496 e. The van der Waals surface area contributed by atoms with E-state index in [-0.39, 0.29) is 23.6 Å². The molecule has 10 heteroatoms. The summed E-state index contributed by atoms with van der Waals surface area (Å²) in [7, 11) is 1.61. The van der Waals surface area contributed by atoms with Crippen LogP contribution in [-0.2, 0) is 11.3 Å². The van der Waals surface area contributed by atoms with E-state index >= 15 is 0 Å². The number of hydrogen-bond donors (Lipinski definition) is 2. The molecule has 0 unspecified atom stereocenters. The lowest BCUT2D eigenvalue weighted by Gasteiger charge is -2.19. The van der Waals surface area contributed by atoms with Gasteiger partial charge in [0, 0.05) is 17.3 Å². The lowest BCUT2D eigenvalue weighted by atomic mass is 10.1. The Hall–Kier alpha value is -3.46. The lowest BCUT2D eigenvalue weighted by molar-refractivity contribution is -0.113. The summed E-state index contributed by atoms with van der Waals surface area (Å²) in [4.78, 5) is 34.9. The van der Waals surface area contributed by atoms with Gasteiger partial charge in [-0.25, -0.2) is 9.97 Å². The number of nitrogens with zero attached hydrogens (tertiary/aromatic N) is 5. The molecule has 0 spiro atoms. The van der Waals surface area contributed by atoms with Crippen LogP contribution in [0.4, 0.5) is 11.8 Å². The number of rotatable bonds is 4. The van der Waals surface area contributed by atoms with Crippen LogP contribution < -0.4 is 15.4 Å².